The highest BCUT2D eigenvalue weighted by Crippen LogP contribution is 2.19. The van der Waals surface area contributed by atoms with Gasteiger partial charge < -0.3 is 15.7 Å². The minimum atomic E-state index is -1.47. The fourth-order valence-electron chi connectivity index (χ4n) is 2.08. The maximum absolute atomic E-state index is 13.5. The van der Waals surface area contributed by atoms with Crippen LogP contribution in [0.4, 0.5) is 13.6 Å². The van der Waals surface area contributed by atoms with E-state index in [1.165, 1.54) is 6.07 Å². The number of aryl methyl sites for hydroxylation is 1. The number of aliphatic hydroxyl groups excluding tert-OH is 1. The van der Waals surface area contributed by atoms with E-state index >= 15 is 0 Å². The normalized spacial score (nSPS) is 12.0. The quantitative estimate of drug-likeness (QED) is 0.780. The van der Waals surface area contributed by atoms with Crippen molar-refractivity contribution in [2.75, 3.05) is 6.54 Å². The SMILES string of the molecule is Cc1c(CNC(=O)NCC(O)c2c(F)cccc2F)cnn1C. The molecule has 0 aliphatic rings. The maximum atomic E-state index is 13.5. The minimum Gasteiger partial charge on any atom is -0.386 e. The molecule has 0 spiro atoms. The Balaban J connectivity index is 1.85. The first kappa shape index (κ1) is 16.9. The summed E-state index contributed by atoms with van der Waals surface area (Å²) < 4.78 is 28.7. The Morgan fingerprint density at radius 1 is 1.35 bits per heavy atom. The van der Waals surface area contributed by atoms with Gasteiger partial charge >= 0.3 is 6.03 Å². The summed E-state index contributed by atoms with van der Waals surface area (Å²) in [4.78, 5) is 11.7. The molecule has 1 aromatic heterocycles. The lowest BCUT2D eigenvalue weighted by Gasteiger charge is -2.14. The van der Waals surface area contributed by atoms with Crippen LogP contribution in [-0.2, 0) is 13.6 Å². The Labute approximate surface area is 132 Å². The van der Waals surface area contributed by atoms with Crippen molar-refractivity contribution in [1.29, 1.82) is 0 Å². The molecule has 124 valence electrons. The summed E-state index contributed by atoms with van der Waals surface area (Å²) in [7, 11) is 1.79. The van der Waals surface area contributed by atoms with Crippen LogP contribution in [0.25, 0.3) is 0 Å². The third-order valence-electron chi connectivity index (χ3n) is 3.57. The molecule has 1 aromatic carbocycles. The van der Waals surface area contributed by atoms with Crippen LogP contribution < -0.4 is 10.6 Å². The van der Waals surface area contributed by atoms with Gasteiger partial charge in [-0.15, -0.1) is 0 Å². The molecule has 1 unspecified atom stereocenters. The predicted octanol–water partition coefficient (Wildman–Crippen LogP) is 1.54. The molecular formula is C15H18F2N4O2. The second kappa shape index (κ2) is 7.19. The van der Waals surface area contributed by atoms with E-state index in [1.54, 1.807) is 17.9 Å². The molecular weight excluding hydrogens is 306 g/mol. The van der Waals surface area contributed by atoms with Crippen molar-refractivity contribution in [1.82, 2.24) is 20.4 Å². The van der Waals surface area contributed by atoms with E-state index in [-0.39, 0.29) is 13.1 Å². The zero-order chi connectivity index (χ0) is 17.0. The van der Waals surface area contributed by atoms with Gasteiger partial charge in [0.1, 0.15) is 17.7 Å². The summed E-state index contributed by atoms with van der Waals surface area (Å²) in [6.07, 6.45) is 0.168. The first-order chi connectivity index (χ1) is 10.9. The summed E-state index contributed by atoms with van der Waals surface area (Å²) in [5.41, 5.74) is 1.30. The zero-order valence-corrected chi connectivity index (χ0v) is 12.8. The third kappa shape index (κ3) is 4.04. The number of rotatable bonds is 5. The van der Waals surface area contributed by atoms with Crippen LogP contribution in [0.15, 0.2) is 24.4 Å². The monoisotopic (exact) mass is 324 g/mol. The number of amides is 2. The van der Waals surface area contributed by atoms with E-state index in [0.717, 1.165) is 23.4 Å². The predicted molar refractivity (Wildman–Crippen MR) is 79.5 cm³/mol. The number of hydrogen-bond donors (Lipinski definition) is 3. The molecule has 1 atom stereocenters. The van der Waals surface area contributed by atoms with Crippen molar-refractivity contribution in [3.05, 3.63) is 52.9 Å². The van der Waals surface area contributed by atoms with E-state index in [9.17, 15) is 18.7 Å². The van der Waals surface area contributed by atoms with E-state index in [4.69, 9.17) is 0 Å². The van der Waals surface area contributed by atoms with E-state index in [0.29, 0.717) is 0 Å². The Bertz CT molecular complexity index is 683. The molecule has 1 heterocycles. The highest BCUT2D eigenvalue weighted by atomic mass is 19.1. The molecule has 0 aliphatic carbocycles. The molecule has 8 heteroatoms. The maximum Gasteiger partial charge on any atom is 0.315 e. The molecule has 0 aliphatic heterocycles. The van der Waals surface area contributed by atoms with Gasteiger partial charge in [-0.1, -0.05) is 6.07 Å². The summed E-state index contributed by atoms with van der Waals surface area (Å²) in [5.74, 6) is -1.71. The highest BCUT2D eigenvalue weighted by molar-refractivity contribution is 5.73. The summed E-state index contributed by atoms with van der Waals surface area (Å²) in [6.45, 7) is 1.82. The molecule has 2 amide bonds. The average Bonchev–Trinajstić information content (AvgIpc) is 2.82. The van der Waals surface area contributed by atoms with Gasteiger partial charge in [-0.3, -0.25) is 4.68 Å². The van der Waals surface area contributed by atoms with Crippen LogP contribution in [0, 0.1) is 18.6 Å². The number of halogens is 2. The lowest BCUT2D eigenvalue weighted by Crippen LogP contribution is -2.37. The number of carbonyl (C=O) groups excluding carboxylic acids is 1. The fourth-order valence-corrected chi connectivity index (χ4v) is 2.08. The largest absolute Gasteiger partial charge is 0.386 e. The standard InChI is InChI=1S/C15H18F2N4O2/c1-9-10(7-20-21(9)2)6-18-15(23)19-8-13(22)14-11(16)4-3-5-12(14)17/h3-5,7,13,22H,6,8H2,1-2H3,(H2,18,19,23). The van der Waals surface area contributed by atoms with Crippen molar-refractivity contribution in [3.63, 3.8) is 0 Å². The number of benzene rings is 1. The number of carbonyl (C=O) groups is 1. The molecule has 2 rings (SSSR count). The van der Waals surface area contributed by atoms with E-state index in [1.807, 2.05) is 6.92 Å². The molecule has 0 bridgehead atoms. The van der Waals surface area contributed by atoms with Crippen LogP contribution in [0.5, 0.6) is 0 Å². The highest BCUT2D eigenvalue weighted by Gasteiger charge is 2.18. The number of nitrogens with one attached hydrogen (secondary N) is 2. The minimum absolute atomic E-state index is 0.260. The Kier molecular flexibility index (Phi) is 5.28. The van der Waals surface area contributed by atoms with E-state index in [2.05, 4.69) is 15.7 Å². The topological polar surface area (TPSA) is 79.2 Å². The summed E-state index contributed by atoms with van der Waals surface area (Å²) in [6, 6.07) is 2.75. The molecule has 0 fully saturated rings. The van der Waals surface area contributed by atoms with Crippen molar-refractivity contribution < 1.29 is 18.7 Å². The molecule has 23 heavy (non-hydrogen) atoms. The van der Waals surface area contributed by atoms with Crippen molar-refractivity contribution in [2.45, 2.75) is 19.6 Å². The Morgan fingerprint density at radius 2 is 2.00 bits per heavy atom. The van der Waals surface area contributed by atoms with Gasteiger partial charge in [0, 0.05) is 31.4 Å². The number of urea groups is 1. The van der Waals surface area contributed by atoms with Gasteiger partial charge in [0.2, 0.25) is 0 Å². The van der Waals surface area contributed by atoms with Crippen molar-refractivity contribution >= 4 is 6.03 Å². The smallest absolute Gasteiger partial charge is 0.315 e. The zero-order valence-electron chi connectivity index (χ0n) is 12.8. The Morgan fingerprint density at radius 3 is 2.57 bits per heavy atom. The van der Waals surface area contributed by atoms with E-state index < -0.39 is 29.3 Å². The first-order valence-electron chi connectivity index (χ1n) is 7.01. The molecule has 0 radical (unpaired) electrons. The second-order valence-electron chi connectivity index (χ2n) is 5.09. The number of nitrogens with zero attached hydrogens (tertiary/aromatic N) is 2. The summed E-state index contributed by atoms with van der Waals surface area (Å²) in [5, 5.41) is 18.8. The van der Waals surface area contributed by atoms with Crippen molar-refractivity contribution in [3.8, 4) is 0 Å². The second-order valence-corrected chi connectivity index (χ2v) is 5.09. The van der Waals surface area contributed by atoms with Crippen LogP contribution in [-0.4, -0.2) is 27.5 Å². The van der Waals surface area contributed by atoms with Crippen LogP contribution in [0.3, 0.4) is 0 Å². The first-order valence-corrected chi connectivity index (χ1v) is 7.01. The number of hydrogen-bond acceptors (Lipinski definition) is 3. The molecule has 2 aromatic rings. The molecule has 0 saturated heterocycles. The van der Waals surface area contributed by atoms with Gasteiger partial charge in [0.15, 0.2) is 0 Å². The van der Waals surface area contributed by atoms with Gasteiger partial charge in [0.25, 0.3) is 0 Å². The van der Waals surface area contributed by atoms with Crippen LogP contribution in [0.2, 0.25) is 0 Å². The number of aromatic nitrogens is 2. The summed E-state index contributed by atoms with van der Waals surface area (Å²) >= 11 is 0. The lowest BCUT2D eigenvalue weighted by atomic mass is 10.1. The van der Waals surface area contributed by atoms with Crippen molar-refractivity contribution in [2.24, 2.45) is 7.05 Å². The van der Waals surface area contributed by atoms with Gasteiger partial charge in [-0.05, 0) is 19.1 Å². The van der Waals surface area contributed by atoms with Gasteiger partial charge in [-0.2, -0.15) is 5.10 Å². The van der Waals surface area contributed by atoms with Crippen LogP contribution in [0.1, 0.15) is 22.9 Å². The van der Waals surface area contributed by atoms with Gasteiger partial charge in [-0.25, -0.2) is 13.6 Å². The Hall–Kier alpha value is -2.48. The molecule has 3 N–H and O–H groups in total. The van der Waals surface area contributed by atoms with Crippen LogP contribution >= 0.6 is 0 Å². The molecule has 0 saturated carbocycles. The number of aliphatic hydroxyl groups is 1. The fraction of sp³-hybridized carbons (Fsp3) is 0.333. The lowest BCUT2D eigenvalue weighted by molar-refractivity contribution is 0.164. The average molecular weight is 324 g/mol. The van der Waals surface area contributed by atoms with Gasteiger partial charge in [0.05, 0.1) is 11.8 Å². The third-order valence-corrected chi connectivity index (χ3v) is 3.57. The molecule has 6 nitrogen and oxygen atoms in total.